The van der Waals surface area contributed by atoms with Crippen molar-refractivity contribution >= 4 is 5.97 Å². The van der Waals surface area contributed by atoms with E-state index in [0.717, 1.165) is 30.1 Å². The molecule has 1 heterocycles. The maximum absolute atomic E-state index is 11.3. The SMILES string of the molecule is CCCCCCC1CCC2NC(OC(C)C(=O)O)CC(C3CCCCC3)C2C1. The summed E-state index contributed by atoms with van der Waals surface area (Å²) in [6.45, 7) is 3.95. The number of unbranched alkanes of at least 4 members (excludes halogenated alkanes) is 3. The van der Waals surface area contributed by atoms with E-state index in [2.05, 4.69) is 12.2 Å². The first kappa shape index (κ1) is 22.1. The highest BCUT2D eigenvalue weighted by atomic mass is 16.5. The van der Waals surface area contributed by atoms with Crippen molar-refractivity contribution in [1.29, 1.82) is 0 Å². The molecule has 2 saturated carbocycles. The second-order valence-electron chi connectivity index (χ2n) is 9.87. The molecule has 0 amide bonds. The molecule has 6 unspecified atom stereocenters. The Morgan fingerprint density at radius 3 is 2.54 bits per heavy atom. The maximum Gasteiger partial charge on any atom is 0.332 e. The number of fused-ring (bicyclic) bond motifs is 1. The van der Waals surface area contributed by atoms with Crippen molar-refractivity contribution < 1.29 is 14.6 Å². The van der Waals surface area contributed by atoms with Crippen LogP contribution in [0, 0.1) is 23.7 Å². The molecule has 0 aromatic heterocycles. The lowest BCUT2D eigenvalue weighted by Gasteiger charge is -2.50. The average Bonchev–Trinajstić information content (AvgIpc) is 2.71. The van der Waals surface area contributed by atoms with E-state index in [-0.39, 0.29) is 6.23 Å². The molecule has 0 radical (unpaired) electrons. The Kier molecular flexibility index (Phi) is 8.65. The van der Waals surface area contributed by atoms with E-state index in [4.69, 9.17) is 4.74 Å². The molecule has 3 rings (SSSR count). The standard InChI is InChI=1S/C24H43NO3/c1-3-4-5-7-10-18-13-14-22-21(15-18)20(19-11-8-6-9-12-19)16-23(25-22)28-17(2)24(26)27/h17-23,25H,3-16H2,1-2H3,(H,26,27). The van der Waals surface area contributed by atoms with Crippen LogP contribution in [-0.4, -0.2) is 29.4 Å². The van der Waals surface area contributed by atoms with Gasteiger partial charge in [0.2, 0.25) is 0 Å². The van der Waals surface area contributed by atoms with Gasteiger partial charge in [-0.05, 0) is 56.3 Å². The Hall–Kier alpha value is -0.610. The van der Waals surface area contributed by atoms with Gasteiger partial charge in [-0.1, -0.05) is 71.1 Å². The normalized spacial score (nSPS) is 35.3. The monoisotopic (exact) mass is 393 g/mol. The van der Waals surface area contributed by atoms with Gasteiger partial charge in [0.1, 0.15) is 6.23 Å². The van der Waals surface area contributed by atoms with E-state index in [9.17, 15) is 9.90 Å². The molecular weight excluding hydrogens is 350 g/mol. The third-order valence-corrected chi connectivity index (χ3v) is 7.88. The van der Waals surface area contributed by atoms with Crippen LogP contribution in [0.5, 0.6) is 0 Å². The van der Waals surface area contributed by atoms with Gasteiger partial charge in [0.15, 0.2) is 6.10 Å². The van der Waals surface area contributed by atoms with Crippen molar-refractivity contribution in [3.63, 3.8) is 0 Å². The van der Waals surface area contributed by atoms with Gasteiger partial charge in [-0.3, -0.25) is 5.32 Å². The average molecular weight is 394 g/mol. The lowest BCUT2D eigenvalue weighted by atomic mass is 9.62. The Bertz CT molecular complexity index is 476. The van der Waals surface area contributed by atoms with Crippen LogP contribution in [0.25, 0.3) is 0 Å². The van der Waals surface area contributed by atoms with Crippen LogP contribution in [-0.2, 0) is 9.53 Å². The summed E-state index contributed by atoms with van der Waals surface area (Å²) in [6.07, 6.45) is 18.0. The molecule has 0 aromatic rings. The molecule has 0 spiro atoms. The quantitative estimate of drug-likeness (QED) is 0.490. The number of hydrogen-bond donors (Lipinski definition) is 2. The van der Waals surface area contributed by atoms with Crippen LogP contribution in [0.3, 0.4) is 0 Å². The van der Waals surface area contributed by atoms with Gasteiger partial charge in [-0.15, -0.1) is 0 Å². The zero-order valence-corrected chi connectivity index (χ0v) is 18.2. The van der Waals surface area contributed by atoms with Crippen molar-refractivity contribution in [2.45, 2.75) is 122 Å². The summed E-state index contributed by atoms with van der Waals surface area (Å²) >= 11 is 0. The van der Waals surface area contributed by atoms with E-state index >= 15 is 0 Å². The number of aliphatic carboxylic acids is 1. The van der Waals surface area contributed by atoms with E-state index in [0.29, 0.717) is 6.04 Å². The number of nitrogens with one attached hydrogen (secondary N) is 1. The molecule has 6 atom stereocenters. The summed E-state index contributed by atoms with van der Waals surface area (Å²) in [5.41, 5.74) is 0. The predicted octanol–water partition coefficient (Wildman–Crippen LogP) is 5.75. The minimum Gasteiger partial charge on any atom is -0.479 e. The Labute approximate surface area is 172 Å². The Morgan fingerprint density at radius 2 is 1.82 bits per heavy atom. The van der Waals surface area contributed by atoms with Crippen molar-refractivity contribution in [2.24, 2.45) is 23.7 Å². The van der Waals surface area contributed by atoms with Gasteiger partial charge in [0, 0.05) is 6.04 Å². The van der Waals surface area contributed by atoms with Crippen LogP contribution in [0.15, 0.2) is 0 Å². The molecule has 4 nitrogen and oxygen atoms in total. The molecule has 0 aromatic carbocycles. The summed E-state index contributed by atoms with van der Waals surface area (Å²) in [4.78, 5) is 11.3. The number of ether oxygens (including phenoxy) is 1. The molecule has 1 saturated heterocycles. The van der Waals surface area contributed by atoms with Gasteiger partial charge in [-0.2, -0.15) is 0 Å². The van der Waals surface area contributed by atoms with Crippen molar-refractivity contribution in [3.05, 3.63) is 0 Å². The van der Waals surface area contributed by atoms with E-state index in [1.54, 1.807) is 6.92 Å². The van der Waals surface area contributed by atoms with Gasteiger partial charge in [0.05, 0.1) is 0 Å². The van der Waals surface area contributed by atoms with Crippen LogP contribution < -0.4 is 5.32 Å². The molecule has 28 heavy (non-hydrogen) atoms. The number of carboxylic acid groups (broad SMARTS) is 1. The number of hydrogen-bond acceptors (Lipinski definition) is 3. The second-order valence-corrected chi connectivity index (χ2v) is 9.87. The predicted molar refractivity (Wildman–Crippen MR) is 113 cm³/mol. The van der Waals surface area contributed by atoms with E-state index < -0.39 is 12.1 Å². The summed E-state index contributed by atoms with van der Waals surface area (Å²) in [7, 11) is 0. The van der Waals surface area contributed by atoms with Crippen LogP contribution in [0.2, 0.25) is 0 Å². The highest BCUT2D eigenvalue weighted by Gasteiger charge is 2.44. The zero-order chi connectivity index (χ0) is 19.9. The Morgan fingerprint density at radius 1 is 1.04 bits per heavy atom. The fourth-order valence-electron chi connectivity index (χ4n) is 6.33. The molecule has 4 heteroatoms. The number of rotatable bonds is 9. The molecule has 3 fully saturated rings. The molecule has 1 aliphatic heterocycles. The fraction of sp³-hybridized carbons (Fsp3) is 0.958. The maximum atomic E-state index is 11.3. The van der Waals surface area contributed by atoms with Crippen molar-refractivity contribution in [2.75, 3.05) is 0 Å². The molecule has 3 aliphatic rings. The first-order valence-electron chi connectivity index (χ1n) is 12.2. The lowest BCUT2D eigenvalue weighted by molar-refractivity contribution is -0.159. The minimum absolute atomic E-state index is 0.0830. The third kappa shape index (κ3) is 5.95. The first-order valence-corrected chi connectivity index (χ1v) is 12.2. The molecule has 2 N–H and O–H groups in total. The van der Waals surface area contributed by atoms with Gasteiger partial charge < -0.3 is 9.84 Å². The number of carbonyl (C=O) groups is 1. The fourth-order valence-corrected chi connectivity index (χ4v) is 6.33. The summed E-state index contributed by atoms with van der Waals surface area (Å²) in [5, 5.41) is 13.0. The molecule has 2 aliphatic carbocycles. The molecular formula is C24H43NO3. The summed E-state index contributed by atoms with van der Waals surface area (Å²) in [6, 6.07) is 0.526. The van der Waals surface area contributed by atoms with Crippen LogP contribution in [0.4, 0.5) is 0 Å². The minimum atomic E-state index is -0.853. The smallest absolute Gasteiger partial charge is 0.332 e. The Balaban J connectivity index is 1.62. The largest absolute Gasteiger partial charge is 0.479 e. The van der Waals surface area contributed by atoms with Gasteiger partial charge in [-0.25, -0.2) is 4.79 Å². The zero-order valence-electron chi connectivity index (χ0n) is 18.2. The van der Waals surface area contributed by atoms with Crippen molar-refractivity contribution in [1.82, 2.24) is 5.32 Å². The highest BCUT2D eigenvalue weighted by molar-refractivity contribution is 5.71. The summed E-state index contributed by atoms with van der Waals surface area (Å²) < 4.78 is 5.93. The number of piperidine rings is 1. The summed E-state index contributed by atoms with van der Waals surface area (Å²) in [5.74, 6) is 2.37. The van der Waals surface area contributed by atoms with Crippen LogP contribution >= 0.6 is 0 Å². The van der Waals surface area contributed by atoms with E-state index in [1.807, 2.05) is 0 Å². The van der Waals surface area contributed by atoms with Gasteiger partial charge >= 0.3 is 5.97 Å². The highest BCUT2D eigenvalue weighted by Crippen LogP contribution is 2.47. The molecule has 162 valence electrons. The second kappa shape index (κ2) is 11.0. The first-order chi connectivity index (χ1) is 13.6. The van der Waals surface area contributed by atoms with Gasteiger partial charge in [0.25, 0.3) is 0 Å². The third-order valence-electron chi connectivity index (χ3n) is 7.88. The molecule has 0 bridgehead atoms. The van der Waals surface area contributed by atoms with Crippen molar-refractivity contribution in [3.8, 4) is 0 Å². The van der Waals surface area contributed by atoms with Crippen LogP contribution in [0.1, 0.15) is 104 Å². The topological polar surface area (TPSA) is 58.6 Å². The van der Waals surface area contributed by atoms with E-state index in [1.165, 1.54) is 83.5 Å². The number of carboxylic acids is 1. The lowest BCUT2D eigenvalue weighted by Crippen LogP contribution is -2.57.